The molecule has 0 atom stereocenters. The Balaban J connectivity index is 2.56. The van der Waals surface area contributed by atoms with Crippen molar-refractivity contribution in [3.8, 4) is 11.3 Å². The van der Waals surface area contributed by atoms with E-state index in [1.165, 1.54) is 4.57 Å². The first kappa shape index (κ1) is 15.2. The Kier molecular flexibility index (Phi) is 3.87. The van der Waals surface area contributed by atoms with Crippen molar-refractivity contribution in [3.63, 3.8) is 0 Å². The molecule has 1 N–H and O–H groups in total. The summed E-state index contributed by atoms with van der Waals surface area (Å²) < 4.78 is 26.7. The number of sulfonamides is 1. The zero-order chi connectivity index (χ0) is 15.8. The lowest BCUT2D eigenvalue weighted by molar-refractivity contribution is 0.607. The van der Waals surface area contributed by atoms with Crippen LogP contribution in [0.5, 0.6) is 0 Å². The minimum atomic E-state index is -3.35. The van der Waals surface area contributed by atoms with Gasteiger partial charge in [-0.2, -0.15) is 0 Å². The van der Waals surface area contributed by atoms with E-state index in [0.717, 1.165) is 17.4 Å². The zero-order valence-electron chi connectivity index (χ0n) is 12.3. The molecular formula is C14H17N3O3S. The summed E-state index contributed by atoms with van der Waals surface area (Å²) in [6.45, 7) is 3.46. The van der Waals surface area contributed by atoms with E-state index >= 15 is 0 Å². The Bertz CT molecular complexity index is 828. The number of aromatic nitrogens is 2. The number of nitrogens with one attached hydrogen (secondary N) is 1. The van der Waals surface area contributed by atoms with Crippen LogP contribution in [0.25, 0.3) is 11.3 Å². The van der Waals surface area contributed by atoms with Gasteiger partial charge in [-0.1, -0.05) is 12.1 Å². The fourth-order valence-electron chi connectivity index (χ4n) is 1.98. The van der Waals surface area contributed by atoms with E-state index in [4.69, 9.17) is 0 Å². The highest BCUT2D eigenvalue weighted by Gasteiger charge is 2.09. The van der Waals surface area contributed by atoms with Crippen LogP contribution < -0.4 is 10.3 Å². The quantitative estimate of drug-likeness (QED) is 0.930. The van der Waals surface area contributed by atoms with Gasteiger partial charge in [-0.15, -0.1) is 0 Å². The summed E-state index contributed by atoms with van der Waals surface area (Å²) in [5, 5.41) is 0. The minimum absolute atomic E-state index is 0.152. The highest BCUT2D eigenvalue weighted by molar-refractivity contribution is 7.92. The van der Waals surface area contributed by atoms with Crippen molar-refractivity contribution in [1.82, 2.24) is 9.55 Å². The molecule has 1 aromatic heterocycles. The standard InChI is InChI=1S/C14H17N3O3S/c1-9-5-6-11(7-12(9)16-21(4,19)20)13-8-17(3)14(18)10(2)15-13/h5-8,16H,1-4H3. The highest BCUT2D eigenvalue weighted by Crippen LogP contribution is 2.24. The third kappa shape index (κ3) is 3.49. The van der Waals surface area contributed by atoms with Gasteiger partial charge in [0.25, 0.3) is 5.56 Å². The Labute approximate surface area is 123 Å². The van der Waals surface area contributed by atoms with Crippen LogP contribution in [0.3, 0.4) is 0 Å². The Hall–Kier alpha value is -2.15. The molecule has 0 unspecified atom stereocenters. The molecular weight excluding hydrogens is 290 g/mol. The Morgan fingerprint density at radius 3 is 2.48 bits per heavy atom. The van der Waals surface area contributed by atoms with Crippen molar-refractivity contribution in [2.24, 2.45) is 7.05 Å². The van der Waals surface area contributed by atoms with Gasteiger partial charge in [-0.25, -0.2) is 13.4 Å². The average Bonchev–Trinajstić information content (AvgIpc) is 2.36. The van der Waals surface area contributed by atoms with Gasteiger partial charge in [0.15, 0.2) is 0 Å². The molecule has 0 aliphatic rings. The van der Waals surface area contributed by atoms with Gasteiger partial charge in [-0.3, -0.25) is 9.52 Å². The number of aryl methyl sites for hydroxylation is 3. The SMILES string of the molecule is Cc1ccc(-c2cn(C)c(=O)c(C)n2)cc1NS(C)(=O)=O. The van der Waals surface area contributed by atoms with Gasteiger partial charge >= 0.3 is 0 Å². The van der Waals surface area contributed by atoms with Gasteiger partial charge in [0.2, 0.25) is 10.0 Å². The molecule has 0 fully saturated rings. The van der Waals surface area contributed by atoms with Crippen molar-refractivity contribution in [3.05, 3.63) is 46.0 Å². The van der Waals surface area contributed by atoms with Crippen molar-refractivity contribution in [2.45, 2.75) is 13.8 Å². The normalized spacial score (nSPS) is 11.4. The molecule has 0 saturated heterocycles. The van der Waals surface area contributed by atoms with Crippen LogP contribution in [0.4, 0.5) is 5.69 Å². The predicted molar refractivity (Wildman–Crippen MR) is 82.9 cm³/mol. The molecule has 6 nitrogen and oxygen atoms in total. The number of hydrogen-bond acceptors (Lipinski definition) is 4. The van der Waals surface area contributed by atoms with E-state index in [0.29, 0.717) is 17.1 Å². The molecule has 0 bridgehead atoms. The molecule has 1 aromatic carbocycles. The molecule has 112 valence electrons. The van der Waals surface area contributed by atoms with Crippen LogP contribution in [0.1, 0.15) is 11.3 Å². The molecule has 21 heavy (non-hydrogen) atoms. The van der Waals surface area contributed by atoms with Crippen molar-refractivity contribution in [1.29, 1.82) is 0 Å². The molecule has 0 radical (unpaired) electrons. The summed E-state index contributed by atoms with van der Waals surface area (Å²) >= 11 is 0. The van der Waals surface area contributed by atoms with E-state index in [1.54, 1.807) is 26.2 Å². The van der Waals surface area contributed by atoms with Crippen LogP contribution in [0.15, 0.2) is 29.2 Å². The monoisotopic (exact) mass is 307 g/mol. The van der Waals surface area contributed by atoms with Gasteiger partial charge in [-0.05, 0) is 25.5 Å². The van der Waals surface area contributed by atoms with Crippen LogP contribution >= 0.6 is 0 Å². The maximum atomic E-state index is 11.7. The van der Waals surface area contributed by atoms with Gasteiger partial charge in [0.05, 0.1) is 17.6 Å². The second-order valence-corrected chi connectivity index (χ2v) is 6.78. The molecule has 2 aromatic rings. The molecule has 1 heterocycles. The average molecular weight is 307 g/mol. The summed E-state index contributed by atoms with van der Waals surface area (Å²) in [4.78, 5) is 15.9. The largest absolute Gasteiger partial charge is 0.315 e. The highest BCUT2D eigenvalue weighted by atomic mass is 32.2. The van der Waals surface area contributed by atoms with E-state index in [-0.39, 0.29) is 5.56 Å². The summed E-state index contributed by atoms with van der Waals surface area (Å²) in [6.07, 6.45) is 2.73. The third-order valence-corrected chi connectivity index (χ3v) is 3.65. The number of anilines is 1. The second kappa shape index (κ2) is 5.33. The number of benzene rings is 1. The molecule has 2 rings (SSSR count). The first-order valence-electron chi connectivity index (χ1n) is 6.30. The topological polar surface area (TPSA) is 81.1 Å². The third-order valence-electron chi connectivity index (χ3n) is 3.06. The molecule has 0 aliphatic carbocycles. The van der Waals surface area contributed by atoms with Gasteiger partial charge < -0.3 is 4.57 Å². The fourth-order valence-corrected chi connectivity index (χ4v) is 2.60. The van der Waals surface area contributed by atoms with E-state index in [1.807, 2.05) is 19.1 Å². The van der Waals surface area contributed by atoms with Gasteiger partial charge in [0.1, 0.15) is 5.69 Å². The molecule has 0 spiro atoms. The Morgan fingerprint density at radius 2 is 1.90 bits per heavy atom. The van der Waals surface area contributed by atoms with E-state index < -0.39 is 10.0 Å². The fraction of sp³-hybridized carbons (Fsp3) is 0.286. The maximum Gasteiger partial charge on any atom is 0.271 e. The lowest BCUT2D eigenvalue weighted by atomic mass is 10.1. The number of hydrogen-bond donors (Lipinski definition) is 1. The van der Waals surface area contributed by atoms with Crippen molar-refractivity contribution in [2.75, 3.05) is 11.0 Å². The summed E-state index contributed by atoms with van der Waals surface area (Å²) in [5.74, 6) is 0. The number of nitrogens with zero attached hydrogens (tertiary/aromatic N) is 2. The molecule has 7 heteroatoms. The van der Waals surface area contributed by atoms with E-state index in [2.05, 4.69) is 9.71 Å². The summed E-state index contributed by atoms with van der Waals surface area (Å²) in [6, 6.07) is 5.36. The van der Waals surface area contributed by atoms with Crippen molar-refractivity contribution >= 4 is 15.7 Å². The zero-order valence-corrected chi connectivity index (χ0v) is 13.2. The second-order valence-electron chi connectivity index (χ2n) is 5.03. The minimum Gasteiger partial charge on any atom is -0.315 e. The summed E-state index contributed by atoms with van der Waals surface area (Å²) in [5.41, 5.74) is 2.92. The number of rotatable bonds is 3. The maximum absolute atomic E-state index is 11.7. The predicted octanol–water partition coefficient (Wildman–Crippen LogP) is 1.44. The van der Waals surface area contributed by atoms with Crippen molar-refractivity contribution < 1.29 is 8.42 Å². The molecule has 0 aliphatic heterocycles. The van der Waals surface area contributed by atoms with Crippen LogP contribution in [-0.4, -0.2) is 24.2 Å². The lowest BCUT2D eigenvalue weighted by Gasteiger charge is -2.11. The van der Waals surface area contributed by atoms with Crippen LogP contribution in [0.2, 0.25) is 0 Å². The van der Waals surface area contributed by atoms with Crippen LogP contribution in [-0.2, 0) is 17.1 Å². The smallest absolute Gasteiger partial charge is 0.271 e. The first-order chi connectivity index (χ1) is 9.67. The van der Waals surface area contributed by atoms with Gasteiger partial charge in [0, 0.05) is 18.8 Å². The van der Waals surface area contributed by atoms with E-state index in [9.17, 15) is 13.2 Å². The van der Waals surface area contributed by atoms with Crippen LogP contribution in [0, 0.1) is 13.8 Å². The molecule has 0 saturated carbocycles. The lowest BCUT2D eigenvalue weighted by Crippen LogP contribution is -2.20. The Morgan fingerprint density at radius 1 is 1.24 bits per heavy atom. The molecule has 0 amide bonds. The summed E-state index contributed by atoms with van der Waals surface area (Å²) in [7, 11) is -1.69. The first-order valence-corrected chi connectivity index (χ1v) is 8.19.